The Morgan fingerprint density at radius 1 is 1.12 bits per heavy atom. The molecule has 0 fully saturated rings. The summed E-state index contributed by atoms with van der Waals surface area (Å²) in [5.41, 5.74) is 4.69. The molecule has 3 aromatic carbocycles. The molecule has 34 heavy (non-hydrogen) atoms. The number of amides is 1. The lowest BCUT2D eigenvalue weighted by atomic mass is 9.89. The lowest BCUT2D eigenvalue weighted by molar-refractivity contribution is -0.117. The van der Waals surface area contributed by atoms with Crippen molar-refractivity contribution in [3.8, 4) is 22.6 Å². The molecule has 6 heteroatoms. The fourth-order valence-corrected chi connectivity index (χ4v) is 4.62. The third-order valence-corrected chi connectivity index (χ3v) is 6.15. The molecule has 1 aliphatic rings. The second-order valence-corrected chi connectivity index (χ2v) is 8.67. The van der Waals surface area contributed by atoms with Crippen molar-refractivity contribution >= 4 is 17.3 Å². The Morgan fingerprint density at radius 3 is 2.65 bits per heavy atom. The summed E-state index contributed by atoms with van der Waals surface area (Å²) >= 11 is 0. The van der Waals surface area contributed by atoms with Gasteiger partial charge in [0.2, 0.25) is 5.91 Å². The van der Waals surface area contributed by atoms with E-state index in [1.54, 1.807) is 13.0 Å². The molecule has 4 rings (SSSR count). The third-order valence-electron chi connectivity index (χ3n) is 6.15. The van der Waals surface area contributed by atoms with Crippen LogP contribution in [0.1, 0.15) is 45.2 Å². The van der Waals surface area contributed by atoms with E-state index in [0.29, 0.717) is 24.5 Å². The first-order valence-corrected chi connectivity index (χ1v) is 11.7. The minimum Gasteiger partial charge on any atom is -0.494 e. The Balaban J connectivity index is 1.75. The minimum absolute atomic E-state index is 0.00515. The normalized spacial score (nSPS) is 17.1. The number of fused-ring (bicyclic) bond motifs is 1. The Kier molecular flexibility index (Phi) is 7.06. The molecule has 1 amide bonds. The molecule has 5 nitrogen and oxygen atoms in total. The van der Waals surface area contributed by atoms with E-state index >= 15 is 0 Å². The Morgan fingerprint density at radius 2 is 1.91 bits per heavy atom. The van der Waals surface area contributed by atoms with Crippen molar-refractivity contribution in [3.05, 3.63) is 72.0 Å². The highest BCUT2D eigenvalue weighted by Gasteiger charge is 2.33. The third kappa shape index (κ3) is 4.86. The van der Waals surface area contributed by atoms with Crippen molar-refractivity contribution in [2.45, 2.75) is 45.7 Å². The molecular weight excluding hydrogens is 431 g/mol. The van der Waals surface area contributed by atoms with Crippen LogP contribution in [0.25, 0.3) is 11.1 Å². The predicted molar refractivity (Wildman–Crippen MR) is 134 cm³/mol. The number of ether oxygens (including phenoxy) is 2. The Hall–Kier alpha value is -3.54. The summed E-state index contributed by atoms with van der Waals surface area (Å²) < 4.78 is 25.0. The molecule has 2 atom stereocenters. The van der Waals surface area contributed by atoms with Gasteiger partial charge in [-0.3, -0.25) is 4.79 Å². The van der Waals surface area contributed by atoms with E-state index in [2.05, 4.69) is 24.4 Å². The maximum Gasteiger partial charge on any atom is 0.224 e. The van der Waals surface area contributed by atoms with Gasteiger partial charge in [0.15, 0.2) is 0 Å². The summed E-state index contributed by atoms with van der Waals surface area (Å²) in [6.45, 7) is 6.39. The van der Waals surface area contributed by atoms with Crippen LogP contribution in [0.4, 0.5) is 15.8 Å². The maximum atomic E-state index is 13.7. The number of carbonyl (C=O) groups excluding carboxylic acids is 1. The fraction of sp³-hybridized carbons (Fsp3) is 0.321. The maximum absolute atomic E-state index is 13.7. The van der Waals surface area contributed by atoms with Gasteiger partial charge in [0.05, 0.1) is 25.4 Å². The molecule has 0 aliphatic carbocycles. The van der Waals surface area contributed by atoms with Crippen molar-refractivity contribution in [1.82, 2.24) is 0 Å². The molecular formula is C28H31FN2O3. The average molecular weight is 463 g/mol. The molecule has 0 saturated carbocycles. The number of nitrogens with zero attached hydrogens (tertiary/aromatic N) is 1. The Bertz CT molecular complexity index is 1180. The number of hydrogen-bond acceptors (Lipinski definition) is 4. The van der Waals surface area contributed by atoms with Crippen molar-refractivity contribution < 1.29 is 18.7 Å². The van der Waals surface area contributed by atoms with Gasteiger partial charge < -0.3 is 19.7 Å². The van der Waals surface area contributed by atoms with Crippen LogP contribution in [0.3, 0.4) is 0 Å². The molecule has 0 unspecified atom stereocenters. The molecule has 0 radical (unpaired) electrons. The highest BCUT2D eigenvalue weighted by Crippen LogP contribution is 2.42. The van der Waals surface area contributed by atoms with Crippen LogP contribution < -0.4 is 19.7 Å². The molecule has 1 heterocycles. The van der Waals surface area contributed by atoms with Crippen molar-refractivity contribution in [1.29, 1.82) is 0 Å². The lowest BCUT2D eigenvalue weighted by Gasteiger charge is -2.40. The zero-order valence-corrected chi connectivity index (χ0v) is 20.1. The molecule has 1 aliphatic heterocycles. The van der Waals surface area contributed by atoms with E-state index in [4.69, 9.17) is 9.47 Å². The lowest BCUT2D eigenvalue weighted by Crippen LogP contribution is -2.43. The summed E-state index contributed by atoms with van der Waals surface area (Å²) in [4.78, 5) is 14.3. The number of anilines is 2. The highest BCUT2D eigenvalue weighted by molar-refractivity contribution is 5.94. The smallest absolute Gasteiger partial charge is 0.224 e. The van der Waals surface area contributed by atoms with Gasteiger partial charge in [0, 0.05) is 24.7 Å². The van der Waals surface area contributed by atoms with Gasteiger partial charge in [-0.1, -0.05) is 25.1 Å². The molecule has 0 spiro atoms. The molecule has 0 saturated heterocycles. The van der Waals surface area contributed by atoms with Gasteiger partial charge in [-0.25, -0.2) is 4.39 Å². The van der Waals surface area contributed by atoms with E-state index in [-0.39, 0.29) is 23.8 Å². The van der Waals surface area contributed by atoms with Crippen molar-refractivity contribution in [2.24, 2.45) is 0 Å². The second-order valence-electron chi connectivity index (χ2n) is 8.67. The monoisotopic (exact) mass is 462 g/mol. The molecule has 1 N–H and O–H groups in total. The number of halogens is 1. The first kappa shape index (κ1) is 23.6. The van der Waals surface area contributed by atoms with Crippen LogP contribution in [0, 0.1) is 5.82 Å². The van der Waals surface area contributed by atoms with E-state index in [1.807, 2.05) is 42.2 Å². The van der Waals surface area contributed by atoms with Gasteiger partial charge in [-0.15, -0.1) is 0 Å². The summed E-state index contributed by atoms with van der Waals surface area (Å²) in [7, 11) is 1.53. The number of hydrogen-bond donors (Lipinski definition) is 1. The SMILES string of the molecule is CCCOc1cccc(-c2ccc3c(c2)[C@H](Nc2ccc(F)cc2OC)C[C@H](C)N3C(C)=O)c1. The van der Waals surface area contributed by atoms with E-state index in [1.165, 1.54) is 19.2 Å². The van der Waals surface area contributed by atoms with Crippen molar-refractivity contribution in [3.63, 3.8) is 0 Å². The minimum atomic E-state index is -0.352. The largest absolute Gasteiger partial charge is 0.494 e. The van der Waals surface area contributed by atoms with Crippen molar-refractivity contribution in [2.75, 3.05) is 23.9 Å². The standard InChI is InChI=1S/C28H31FN2O3/c1-5-13-34-23-8-6-7-20(15-23)21-9-12-27-24(16-21)26(14-18(2)31(27)19(3)32)30-25-11-10-22(29)17-28(25)33-4/h6-12,15-18,26,30H,5,13-14H2,1-4H3/t18-,26+/m0/s1. The van der Waals surface area contributed by atoms with Crippen LogP contribution in [-0.4, -0.2) is 25.7 Å². The van der Waals surface area contributed by atoms with Crippen LogP contribution >= 0.6 is 0 Å². The molecule has 0 bridgehead atoms. The van der Waals surface area contributed by atoms with Crippen LogP contribution in [0.15, 0.2) is 60.7 Å². The number of benzene rings is 3. The first-order valence-electron chi connectivity index (χ1n) is 11.7. The van der Waals surface area contributed by atoms with Gasteiger partial charge in [-0.05, 0) is 72.9 Å². The number of carbonyl (C=O) groups is 1. The predicted octanol–water partition coefficient (Wildman–Crippen LogP) is 6.59. The molecule has 3 aromatic rings. The van der Waals surface area contributed by atoms with Crippen LogP contribution in [0.5, 0.6) is 11.5 Å². The molecule has 0 aromatic heterocycles. The Labute approximate surface area is 200 Å². The van der Waals surface area contributed by atoms with E-state index in [0.717, 1.165) is 34.5 Å². The average Bonchev–Trinajstić information content (AvgIpc) is 2.83. The van der Waals surface area contributed by atoms with E-state index < -0.39 is 0 Å². The number of nitrogens with one attached hydrogen (secondary N) is 1. The summed E-state index contributed by atoms with van der Waals surface area (Å²) in [5, 5.41) is 3.54. The first-order chi connectivity index (χ1) is 16.4. The van der Waals surface area contributed by atoms with Crippen LogP contribution in [0.2, 0.25) is 0 Å². The number of methoxy groups -OCH3 is 1. The zero-order valence-electron chi connectivity index (χ0n) is 20.1. The summed E-state index contributed by atoms with van der Waals surface area (Å²) in [6, 6.07) is 18.6. The number of rotatable bonds is 7. The summed E-state index contributed by atoms with van der Waals surface area (Å²) in [6.07, 6.45) is 1.65. The van der Waals surface area contributed by atoms with Crippen LogP contribution in [-0.2, 0) is 4.79 Å². The van der Waals surface area contributed by atoms with Gasteiger partial charge in [0.1, 0.15) is 17.3 Å². The van der Waals surface area contributed by atoms with E-state index in [9.17, 15) is 9.18 Å². The topological polar surface area (TPSA) is 50.8 Å². The highest BCUT2D eigenvalue weighted by atomic mass is 19.1. The van der Waals surface area contributed by atoms with Gasteiger partial charge in [0.25, 0.3) is 0 Å². The van der Waals surface area contributed by atoms with Gasteiger partial charge >= 0.3 is 0 Å². The summed E-state index contributed by atoms with van der Waals surface area (Å²) in [5.74, 6) is 0.936. The fourth-order valence-electron chi connectivity index (χ4n) is 4.62. The zero-order chi connectivity index (χ0) is 24.2. The molecule has 178 valence electrons. The van der Waals surface area contributed by atoms with Gasteiger partial charge in [-0.2, -0.15) is 0 Å². The second kappa shape index (κ2) is 10.2. The quantitative estimate of drug-likeness (QED) is 0.430.